The van der Waals surface area contributed by atoms with E-state index in [1.807, 2.05) is 0 Å². The van der Waals surface area contributed by atoms with Gasteiger partial charge in [0.1, 0.15) is 5.75 Å². The molecule has 76 valence electrons. The maximum Gasteiger partial charge on any atom is 0.412 e. The Morgan fingerprint density at radius 1 is 1.50 bits per heavy atom. The lowest BCUT2D eigenvalue weighted by atomic mass is 10.3. The number of carbonyl (C=O) groups excluding carboxylic acids is 1. The van der Waals surface area contributed by atoms with Gasteiger partial charge in [0.2, 0.25) is 0 Å². The van der Waals surface area contributed by atoms with Gasteiger partial charge < -0.3 is 10.1 Å². The van der Waals surface area contributed by atoms with Crippen LogP contribution in [0.25, 0.3) is 0 Å². The molecule has 0 atom stereocenters. The van der Waals surface area contributed by atoms with Gasteiger partial charge in [-0.1, -0.05) is 0 Å². The highest BCUT2D eigenvalue weighted by Gasteiger charge is 2.13. The van der Waals surface area contributed by atoms with Crippen LogP contribution in [0.4, 0.5) is 13.6 Å². The van der Waals surface area contributed by atoms with E-state index in [2.05, 4.69) is 10.1 Å². The second-order valence-electron chi connectivity index (χ2n) is 2.31. The van der Waals surface area contributed by atoms with Crippen molar-refractivity contribution < 1.29 is 18.3 Å². The highest BCUT2D eigenvalue weighted by atomic mass is 127. The molecule has 0 saturated heterocycles. The minimum Gasteiger partial charge on any atom is -0.409 e. The van der Waals surface area contributed by atoms with Crippen molar-refractivity contribution in [3.8, 4) is 5.75 Å². The molecule has 0 aliphatic heterocycles. The molecule has 0 spiro atoms. The van der Waals surface area contributed by atoms with Gasteiger partial charge in [-0.25, -0.2) is 13.6 Å². The van der Waals surface area contributed by atoms with E-state index in [0.717, 1.165) is 6.07 Å². The number of hydrogen-bond acceptors (Lipinski definition) is 2. The molecule has 0 bridgehead atoms. The van der Waals surface area contributed by atoms with Crippen molar-refractivity contribution in [1.29, 1.82) is 0 Å². The van der Waals surface area contributed by atoms with Gasteiger partial charge in [0.25, 0.3) is 0 Å². The van der Waals surface area contributed by atoms with E-state index < -0.39 is 17.7 Å². The van der Waals surface area contributed by atoms with Gasteiger partial charge in [-0.3, -0.25) is 0 Å². The van der Waals surface area contributed by atoms with Crippen LogP contribution in [0, 0.1) is 15.2 Å². The first-order valence-electron chi connectivity index (χ1n) is 3.59. The summed E-state index contributed by atoms with van der Waals surface area (Å²) in [5.41, 5.74) is 0. The van der Waals surface area contributed by atoms with Crippen LogP contribution in [-0.2, 0) is 0 Å². The Kier molecular flexibility index (Phi) is 3.62. The number of carbonyl (C=O) groups is 1. The third-order valence-electron chi connectivity index (χ3n) is 1.41. The molecule has 1 rings (SSSR count). The molecule has 3 nitrogen and oxygen atoms in total. The fraction of sp³-hybridized carbons (Fsp3) is 0.125. The van der Waals surface area contributed by atoms with Crippen LogP contribution in [0.15, 0.2) is 12.1 Å². The van der Waals surface area contributed by atoms with Crippen LogP contribution in [0.2, 0.25) is 0 Å². The number of amides is 1. The lowest BCUT2D eigenvalue weighted by Gasteiger charge is -2.06. The first-order chi connectivity index (χ1) is 6.56. The van der Waals surface area contributed by atoms with Crippen LogP contribution in [0.1, 0.15) is 0 Å². The van der Waals surface area contributed by atoms with E-state index in [1.54, 1.807) is 22.6 Å². The number of benzene rings is 1. The molecule has 0 unspecified atom stereocenters. The van der Waals surface area contributed by atoms with Gasteiger partial charge in [-0.05, 0) is 34.7 Å². The normalized spacial score (nSPS) is 9.71. The zero-order valence-corrected chi connectivity index (χ0v) is 9.26. The summed E-state index contributed by atoms with van der Waals surface area (Å²) in [7, 11) is 1.37. The molecule has 1 amide bonds. The Hall–Kier alpha value is -0.920. The van der Waals surface area contributed by atoms with E-state index in [-0.39, 0.29) is 9.32 Å². The predicted octanol–water partition coefficient (Wildman–Crippen LogP) is 2.29. The second-order valence-corrected chi connectivity index (χ2v) is 3.39. The van der Waals surface area contributed by atoms with Crippen LogP contribution in [0.3, 0.4) is 0 Å². The van der Waals surface area contributed by atoms with Crippen LogP contribution in [0.5, 0.6) is 5.75 Å². The van der Waals surface area contributed by atoms with Crippen molar-refractivity contribution in [1.82, 2.24) is 5.32 Å². The molecule has 0 aliphatic rings. The summed E-state index contributed by atoms with van der Waals surface area (Å²) in [4.78, 5) is 10.8. The Labute approximate surface area is 92.6 Å². The zero-order chi connectivity index (χ0) is 10.7. The largest absolute Gasteiger partial charge is 0.412 e. The highest BCUT2D eigenvalue weighted by molar-refractivity contribution is 14.1. The topological polar surface area (TPSA) is 38.3 Å². The predicted molar refractivity (Wildman–Crippen MR) is 54.2 cm³/mol. The molecule has 1 aromatic carbocycles. The summed E-state index contributed by atoms with van der Waals surface area (Å²) in [6.07, 6.45) is -0.728. The molecule has 6 heteroatoms. The third kappa shape index (κ3) is 2.31. The van der Waals surface area contributed by atoms with Gasteiger partial charge in [-0.15, -0.1) is 0 Å². The molecule has 0 fully saturated rings. The molecule has 1 aromatic rings. The fourth-order valence-electron chi connectivity index (χ4n) is 0.738. The number of nitrogens with one attached hydrogen (secondary N) is 1. The Morgan fingerprint density at radius 3 is 2.71 bits per heavy atom. The van der Waals surface area contributed by atoms with E-state index in [1.165, 1.54) is 13.1 Å². The molecule has 0 aromatic heterocycles. The Balaban J connectivity index is 3.00. The summed E-state index contributed by atoms with van der Waals surface area (Å²) in [5, 5.41) is 2.19. The van der Waals surface area contributed by atoms with Gasteiger partial charge in [-0.2, -0.15) is 0 Å². The summed E-state index contributed by atoms with van der Waals surface area (Å²) in [5.74, 6) is -2.01. The van der Waals surface area contributed by atoms with Gasteiger partial charge in [0.15, 0.2) is 11.6 Å². The molecule has 1 N–H and O–H groups in total. The van der Waals surface area contributed by atoms with Crippen molar-refractivity contribution in [2.75, 3.05) is 7.05 Å². The van der Waals surface area contributed by atoms with Crippen molar-refractivity contribution in [3.63, 3.8) is 0 Å². The first kappa shape index (κ1) is 11.2. The molecular weight excluding hydrogens is 307 g/mol. The average Bonchev–Trinajstić information content (AvgIpc) is 2.19. The maximum atomic E-state index is 13.0. The molecule has 0 saturated carbocycles. The van der Waals surface area contributed by atoms with Crippen LogP contribution >= 0.6 is 22.6 Å². The number of halogens is 3. The summed E-state index contributed by atoms with van der Waals surface area (Å²) >= 11 is 1.56. The zero-order valence-electron chi connectivity index (χ0n) is 7.11. The lowest BCUT2D eigenvalue weighted by Crippen LogP contribution is -2.22. The smallest absolute Gasteiger partial charge is 0.409 e. The van der Waals surface area contributed by atoms with Gasteiger partial charge in [0.05, 0.1) is 3.57 Å². The van der Waals surface area contributed by atoms with E-state index >= 15 is 0 Å². The first-order valence-corrected chi connectivity index (χ1v) is 4.67. The minimum absolute atomic E-state index is 0.0103. The third-order valence-corrected chi connectivity index (χ3v) is 2.41. The molecule has 0 heterocycles. The molecule has 14 heavy (non-hydrogen) atoms. The van der Waals surface area contributed by atoms with E-state index in [0.29, 0.717) is 0 Å². The molecule has 0 aliphatic carbocycles. The van der Waals surface area contributed by atoms with Gasteiger partial charge >= 0.3 is 6.09 Å². The van der Waals surface area contributed by atoms with Gasteiger partial charge in [0, 0.05) is 7.05 Å². The summed E-state index contributed by atoms with van der Waals surface area (Å²) in [6, 6.07) is 2.09. The van der Waals surface area contributed by atoms with Crippen molar-refractivity contribution in [2.45, 2.75) is 0 Å². The van der Waals surface area contributed by atoms with E-state index in [9.17, 15) is 13.6 Å². The highest BCUT2D eigenvalue weighted by Crippen LogP contribution is 2.25. The van der Waals surface area contributed by atoms with Crippen molar-refractivity contribution in [3.05, 3.63) is 27.3 Å². The number of rotatable bonds is 1. The van der Waals surface area contributed by atoms with E-state index in [4.69, 9.17) is 0 Å². The SMILES string of the molecule is CNC(=O)Oc1ccc(F)c(F)c1I. The number of ether oxygens (including phenoxy) is 1. The molecular formula is C8H6F2INO2. The Bertz CT molecular complexity index is 371. The van der Waals surface area contributed by atoms with Crippen LogP contribution in [-0.4, -0.2) is 13.1 Å². The monoisotopic (exact) mass is 313 g/mol. The average molecular weight is 313 g/mol. The van der Waals surface area contributed by atoms with Crippen molar-refractivity contribution in [2.24, 2.45) is 0 Å². The lowest BCUT2D eigenvalue weighted by molar-refractivity contribution is 0.202. The maximum absolute atomic E-state index is 13.0. The second kappa shape index (κ2) is 4.54. The standard InChI is InChI=1S/C8H6F2INO2/c1-12-8(13)14-5-3-2-4(9)6(10)7(5)11/h2-3H,1H3,(H,12,13). The summed E-state index contributed by atoms with van der Waals surface area (Å²) in [6.45, 7) is 0. The van der Waals surface area contributed by atoms with Crippen LogP contribution < -0.4 is 10.1 Å². The quantitative estimate of drug-likeness (QED) is 0.638. The number of hydrogen-bond donors (Lipinski definition) is 1. The fourth-order valence-corrected chi connectivity index (χ4v) is 1.29. The Morgan fingerprint density at radius 2 is 2.14 bits per heavy atom. The minimum atomic E-state index is -1.02. The van der Waals surface area contributed by atoms with Crippen molar-refractivity contribution >= 4 is 28.7 Å². The summed E-state index contributed by atoms with van der Waals surface area (Å²) < 4.78 is 30.2. The molecule has 0 radical (unpaired) electrons.